The number of hydrogen-bond acceptors (Lipinski definition) is 2. The number of nitrogens with zero attached hydrogens (tertiary/aromatic N) is 1. The first-order chi connectivity index (χ1) is 7.98. The van der Waals surface area contributed by atoms with E-state index in [-0.39, 0.29) is 5.92 Å². The fourth-order valence-electron chi connectivity index (χ4n) is 2.43. The van der Waals surface area contributed by atoms with E-state index in [1.165, 1.54) is 0 Å². The van der Waals surface area contributed by atoms with E-state index in [0.29, 0.717) is 0 Å². The van der Waals surface area contributed by atoms with Crippen LogP contribution in [0.2, 0.25) is 0 Å². The van der Waals surface area contributed by atoms with Crippen molar-refractivity contribution in [2.75, 3.05) is 19.6 Å². The Morgan fingerprint density at radius 2 is 2.29 bits per heavy atom. The highest BCUT2D eigenvalue weighted by Gasteiger charge is 2.38. The zero-order valence-electron chi connectivity index (χ0n) is 10.9. The summed E-state index contributed by atoms with van der Waals surface area (Å²) in [6.45, 7) is 6.65. The number of piperidine rings is 1. The third-order valence-electron chi connectivity index (χ3n) is 3.87. The second-order valence-corrected chi connectivity index (χ2v) is 5.47. The van der Waals surface area contributed by atoms with Gasteiger partial charge in [0.15, 0.2) is 0 Å². The van der Waals surface area contributed by atoms with Crippen LogP contribution in [0.5, 0.6) is 0 Å². The van der Waals surface area contributed by atoms with E-state index in [0.717, 1.165) is 45.3 Å². The third-order valence-corrected chi connectivity index (χ3v) is 3.87. The van der Waals surface area contributed by atoms with Gasteiger partial charge in [-0.3, -0.25) is 4.79 Å². The molecule has 0 amide bonds. The molecule has 1 heterocycles. The standard InChI is InChI=1S/C14H23NO2/c1-4-5-6-9-15-10-7-8-12(11-15)14(2,3)13(16)17/h1,12H,5-11H2,2-3H3,(H,16,17). The zero-order valence-corrected chi connectivity index (χ0v) is 10.9. The lowest BCUT2D eigenvalue weighted by atomic mass is 9.74. The quantitative estimate of drug-likeness (QED) is 0.589. The van der Waals surface area contributed by atoms with E-state index in [9.17, 15) is 9.90 Å². The molecule has 0 aliphatic carbocycles. The number of likely N-dealkylation sites (tertiary alicyclic amines) is 1. The Balaban J connectivity index is 2.49. The molecule has 0 bridgehead atoms. The highest BCUT2D eigenvalue weighted by molar-refractivity contribution is 5.74. The molecule has 1 N–H and O–H groups in total. The molecule has 1 unspecified atom stereocenters. The number of unbranched alkanes of at least 4 members (excludes halogenated alkanes) is 1. The molecule has 3 nitrogen and oxygen atoms in total. The molecule has 1 saturated heterocycles. The number of aliphatic carboxylic acids is 1. The summed E-state index contributed by atoms with van der Waals surface area (Å²) in [5, 5.41) is 9.25. The molecule has 0 saturated carbocycles. The van der Waals surface area contributed by atoms with Crippen LogP contribution in [0.4, 0.5) is 0 Å². The van der Waals surface area contributed by atoms with Crippen molar-refractivity contribution in [3.63, 3.8) is 0 Å². The molecule has 0 radical (unpaired) electrons. The average molecular weight is 237 g/mol. The third kappa shape index (κ3) is 3.74. The highest BCUT2D eigenvalue weighted by atomic mass is 16.4. The van der Waals surface area contributed by atoms with Crippen LogP contribution in [0.25, 0.3) is 0 Å². The van der Waals surface area contributed by atoms with Gasteiger partial charge in [-0.15, -0.1) is 12.3 Å². The molecule has 3 heteroatoms. The Kier molecular flexibility index (Phi) is 5.02. The van der Waals surface area contributed by atoms with E-state index in [2.05, 4.69) is 10.8 Å². The van der Waals surface area contributed by atoms with E-state index in [1.54, 1.807) is 0 Å². The first kappa shape index (κ1) is 14.1. The number of carbonyl (C=O) groups is 1. The van der Waals surface area contributed by atoms with Crippen LogP contribution in [0.15, 0.2) is 0 Å². The van der Waals surface area contributed by atoms with Crippen molar-refractivity contribution in [2.45, 2.75) is 39.5 Å². The van der Waals surface area contributed by atoms with Crippen LogP contribution in [0.3, 0.4) is 0 Å². The van der Waals surface area contributed by atoms with Gasteiger partial charge in [0.1, 0.15) is 0 Å². The van der Waals surface area contributed by atoms with Gasteiger partial charge in [-0.2, -0.15) is 0 Å². The maximum atomic E-state index is 11.2. The monoisotopic (exact) mass is 237 g/mol. The summed E-state index contributed by atoms with van der Waals surface area (Å²) in [6, 6.07) is 0. The molecule has 1 rings (SSSR count). The minimum absolute atomic E-state index is 0.250. The molecule has 1 atom stereocenters. The lowest BCUT2D eigenvalue weighted by Crippen LogP contribution is -2.44. The molecule has 0 spiro atoms. The first-order valence-corrected chi connectivity index (χ1v) is 6.37. The van der Waals surface area contributed by atoms with Crippen molar-refractivity contribution in [1.29, 1.82) is 0 Å². The minimum atomic E-state index is -0.687. The van der Waals surface area contributed by atoms with Crippen molar-refractivity contribution >= 4 is 5.97 Å². The van der Waals surface area contributed by atoms with Crippen LogP contribution in [-0.2, 0) is 4.79 Å². The lowest BCUT2D eigenvalue weighted by Gasteiger charge is -2.39. The summed E-state index contributed by atoms with van der Waals surface area (Å²) in [5.74, 6) is 2.21. The molecule has 96 valence electrons. The summed E-state index contributed by atoms with van der Waals surface area (Å²) in [7, 11) is 0. The van der Waals surface area contributed by atoms with Gasteiger partial charge in [0, 0.05) is 13.0 Å². The average Bonchev–Trinajstić information content (AvgIpc) is 2.29. The van der Waals surface area contributed by atoms with Crippen LogP contribution in [0, 0.1) is 23.7 Å². The van der Waals surface area contributed by atoms with Gasteiger partial charge < -0.3 is 10.0 Å². The minimum Gasteiger partial charge on any atom is -0.481 e. The molecular weight excluding hydrogens is 214 g/mol. The van der Waals surface area contributed by atoms with Crippen molar-refractivity contribution < 1.29 is 9.90 Å². The summed E-state index contributed by atoms with van der Waals surface area (Å²) >= 11 is 0. The largest absolute Gasteiger partial charge is 0.481 e. The van der Waals surface area contributed by atoms with E-state index < -0.39 is 11.4 Å². The van der Waals surface area contributed by atoms with E-state index in [1.807, 2.05) is 13.8 Å². The summed E-state index contributed by atoms with van der Waals surface area (Å²) < 4.78 is 0. The fraction of sp³-hybridized carbons (Fsp3) is 0.786. The van der Waals surface area contributed by atoms with Crippen molar-refractivity contribution in [1.82, 2.24) is 4.90 Å². The Labute approximate surface area is 104 Å². The van der Waals surface area contributed by atoms with Gasteiger partial charge >= 0.3 is 5.97 Å². The SMILES string of the molecule is C#CCCCN1CCCC(C(C)(C)C(=O)O)C1. The van der Waals surface area contributed by atoms with Gasteiger partial charge in [-0.1, -0.05) is 0 Å². The molecule has 0 aromatic carbocycles. The Hall–Kier alpha value is -1.01. The Bertz CT molecular complexity index is 304. The number of hydrogen-bond donors (Lipinski definition) is 1. The highest BCUT2D eigenvalue weighted by Crippen LogP contribution is 2.34. The lowest BCUT2D eigenvalue weighted by molar-refractivity contribution is -0.151. The smallest absolute Gasteiger partial charge is 0.309 e. The first-order valence-electron chi connectivity index (χ1n) is 6.37. The van der Waals surface area contributed by atoms with Crippen LogP contribution < -0.4 is 0 Å². The van der Waals surface area contributed by atoms with Crippen LogP contribution in [-0.4, -0.2) is 35.6 Å². The van der Waals surface area contributed by atoms with Gasteiger partial charge in [-0.25, -0.2) is 0 Å². The molecule has 1 aliphatic rings. The second-order valence-electron chi connectivity index (χ2n) is 5.47. The molecular formula is C14H23NO2. The summed E-state index contributed by atoms with van der Waals surface area (Å²) in [4.78, 5) is 13.6. The van der Waals surface area contributed by atoms with Gasteiger partial charge in [0.2, 0.25) is 0 Å². The molecule has 1 fully saturated rings. The van der Waals surface area contributed by atoms with Crippen LogP contribution >= 0.6 is 0 Å². The summed E-state index contributed by atoms with van der Waals surface area (Å²) in [6.07, 6.45) is 9.17. The van der Waals surface area contributed by atoms with Crippen molar-refractivity contribution in [3.05, 3.63) is 0 Å². The maximum absolute atomic E-state index is 11.2. The number of carboxylic acids is 1. The fourth-order valence-corrected chi connectivity index (χ4v) is 2.43. The normalized spacial score (nSPS) is 22.1. The van der Waals surface area contributed by atoms with E-state index >= 15 is 0 Å². The van der Waals surface area contributed by atoms with Crippen LogP contribution in [0.1, 0.15) is 39.5 Å². The molecule has 17 heavy (non-hydrogen) atoms. The number of rotatable bonds is 5. The van der Waals surface area contributed by atoms with Gasteiger partial charge in [-0.05, 0) is 52.1 Å². The van der Waals surface area contributed by atoms with Gasteiger partial charge in [0.25, 0.3) is 0 Å². The Morgan fingerprint density at radius 1 is 1.59 bits per heavy atom. The molecule has 1 aliphatic heterocycles. The maximum Gasteiger partial charge on any atom is 0.309 e. The predicted octanol–water partition coefficient (Wildman–Crippen LogP) is 2.22. The second kappa shape index (κ2) is 6.07. The predicted molar refractivity (Wildman–Crippen MR) is 68.6 cm³/mol. The number of carboxylic acid groups (broad SMARTS) is 1. The molecule has 0 aromatic heterocycles. The summed E-state index contributed by atoms with van der Waals surface area (Å²) in [5.41, 5.74) is -0.620. The van der Waals surface area contributed by atoms with Gasteiger partial charge in [0.05, 0.1) is 5.41 Å². The molecule has 0 aromatic rings. The van der Waals surface area contributed by atoms with Crippen molar-refractivity contribution in [2.24, 2.45) is 11.3 Å². The zero-order chi connectivity index (χ0) is 12.9. The topological polar surface area (TPSA) is 40.5 Å². The Morgan fingerprint density at radius 3 is 2.88 bits per heavy atom. The van der Waals surface area contributed by atoms with E-state index in [4.69, 9.17) is 6.42 Å². The van der Waals surface area contributed by atoms with Crippen molar-refractivity contribution in [3.8, 4) is 12.3 Å². The number of terminal acetylenes is 1.